The molecule has 3 N–H and O–H groups in total. The second-order valence-electron chi connectivity index (χ2n) is 4.23. The first kappa shape index (κ1) is 10.2. The summed E-state index contributed by atoms with van der Waals surface area (Å²) in [5.74, 6) is 0.0920. The molecular weight excluding hydrogens is 188 g/mol. The van der Waals surface area contributed by atoms with E-state index < -0.39 is 0 Å². The van der Waals surface area contributed by atoms with Crippen LogP contribution in [0.15, 0.2) is 18.2 Å². The van der Waals surface area contributed by atoms with Gasteiger partial charge in [0.25, 0.3) is 0 Å². The number of anilines is 1. The number of carbonyl (C=O) groups is 1. The summed E-state index contributed by atoms with van der Waals surface area (Å²) in [6, 6.07) is 6.39. The van der Waals surface area contributed by atoms with Crippen LogP contribution in [-0.4, -0.2) is 11.9 Å². The van der Waals surface area contributed by atoms with E-state index in [1.807, 2.05) is 13.0 Å². The molecule has 0 saturated heterocycles. The molecule has 0 aliphatic carbocycles. The summed E-state index contributed by atoms with van der Waals surface area (Å²) in [5, 5.41) is 2.83. The maximum atomic E-state index is 11.1. The van der Waals surface area contributed by atoms with Crippen LogP contribution in [-0.2, 0) is 17.6 Å². The fourth-order valence-electron chi connectivity index (χ4n) is 1.83. The van der Waals surface area contributed by atoms with Crippen molar-refractivity contribution in [2.45, 2.75) is 32.2 Å². The largest absolute Gasteiger partial charge is 0.328 e. The summed E-state index contributed by atoms with van der Waals surface area (Å²) < 4.78 is 0. The second-order valence-corrected chi connectivity index (χ2v) is 4.23. The third kappa shape index (κ3) is 2.36. The van der Waals surface area contributed by atoms with Gasteiger partial charge in [0.1, 0.15) is 0 Å². The molecule has 1 amide bonds. The average Bonchev–Trinajstić information content (AvgIpc) is 2.53. The minimum atomic E-state index is 0.0920. The van der Waals surface area contributed by atoms with Gasteiger partial charge >= 0.3 is 0 Å². The van der Waals surface area contributed by atoms with Crippen molar-refractivity contribution in [3.8, 4) is 0 Å². The van der Waals surface area contributed by atoms with Crippen molar-refractivity contribution in [3.63, 3.8) is 0 Å². The number of carbonyl (C=O) groups excluding carboxylic acids is 1. The SMILES string of the molecule is CC(N)CCc1ccc2c(c1)CC(=O)N2. The fourth-order valence-corrected chi connectivity index (χ4v) is 1.83. The molecule has 0 radical (unpaired) electrons. The Balaban J connectivity index is 2.09. The van der Waals surface area contributed by atoms with Crippen LogP contribution in [0.5, 0.6) is 0 Å². The predicted octanol–water partition coefficient (Wildman–Crippen LogP) is 1.46. The highest BCUT2D eigenvalue weighted by Gasteiger charge is 2.17. The first-order chi connectivity index (χ1) is 7.15. The highest BCUT2D eigenvalue weighted by Crippen LogP contribution is 2.24. The van der Waals surface area contributed by atoms with Gasteiger partial charge in [-0.2, -0.15) is 0 Å². The molecule has 0 aromatic heterocycles. The Morgan fingerprint density at radius 3 is 3.07 bits per heavy atom. The predicted molar refractivity (Wildman–Crippen MR) is 60.7 cm³/mol. The Morgan fingerprint density at radius 2 is 2.33 bits per heavy atom. The van der Waals surface area contributed by atoms with Crippen LogP contribution in [0, 0.1) is 0 Å². The molecule has 3 nitrogen and oxygen atoms in total. The van der Waals surface area contributed by atoms with Crippen LogP contribution in [0.25, 0.3) is 0 Å². The normalized spacial score (nSPS) is 16.0. The zero-order valence-corrected chi connectivity index (χ0v) is 8.92. The van der Waals surface area contributed by atoms with Gasteiger partial charge in [0.2, 0.25) is 5.91 Å². The van der Waals surface area contributed by atoms with Crippen LogP contribution < -0.4 is 11.1 Å². The molecule has 1 atom stereocenters. The Bertz CT molecular complexity index is 385. The molecule has 1 aromatic carbocycles. The van der Waals surface area contributed by atoms with Crippen LogP contribution in [0.1, 0.15) is 24.5 Å². The van der Waals surface area contributed by atoms with Gasteiger partial charge in [0.05, 0.1) is 6.42 Å². The van der Waals surface area contributed by atoms with Gasteiger partial charge in [-0.1, -0.05) is 12.1 Å². The summed E-state index contributed by atoms with van der Waals surface area (Å²) in [5.41, 5.74) is 9.05. The minimum Gasteiger partial charge on any atom is -0.328 e. The lowest BCUT2D eigenvalue weighted by atomic mass is 10.0. The van der Waals surface area contributed by atoms with E-state index in [2.05, 4.69) is 17.4 Å². The Hall–Kier alpha value is -1.35. The molecule has 0 saturated carbocycles. The Morgan fingerprint density at radius 1 is 1.53 bits per heavy atom. The number of hydrogen-bond acceptors (Lipinski definition) is 2. The van der Waals surface area contributed by atoms with E-state index in [1.165, 1.54) is 5.56 Å². The lowest BCUT2D eigenvalue weighted by Gasteiger charge is -2.06. The number of aryl methyl sites for hydroxylation is 1. The van der Waals surface area contributed by atoms with Crippen molar-refractivity contribution in [3.05, 3.63) is 29.3 Å². The third-order valence-electron chi connectivity index (χ3n) is 2.68. The molecule has 80 valence electrons. The standard InChI is InChI=1S/C12H16N2O/c1-8(13)2-3-9-4-5-11-10(6-9)7-12(15)14-11/h4-6,8H,2-3,7,13H2,1H3,(H,14,15). The monoisotopic (exact) mass is 204 g/mol. The van der Waals surface area contributed by atoms with Gasteiger partial charge in [-0.05, 0) is 37.0 Å². The van der Waals surface area contributed by atoms with Crippen LogP contribution in [0.4, 0.5) is 5.69 Å². The van der Waals surface area contributed by atoms with E-state index in [9.17, 15) is 4.79 Å². The summed E-state index contributed by atoms with van der Waals surface area (Å²) >= 11 is 0. The minimum absolute atomic E-state index is 0.0920. The van der Waals surface area contributed by atoms with E-state index in [1.54, 1.807) is 0 Å². The maximum Gasteiger partial charge on any atom is 0.228 e. The highest BCUT2D eigenvalue weighted by atomic mass is 16.1. The van der Waals surface area contributed by atoms with Gasteiger partial charge in [0, 0.05) is 11.7 Å². The first-order valence-corrected chi connectivity index (χ1v) is 5.32. The molecule has 2 rings (SSSR count). The van der Waals surface area contributed by atoms with Crippen molar-refractivity contribution in [2.24, 2.45) is 5.73 Å². The fraction of sp³-hybridized carbons (Fsp3) is 0.417. The smallest absolute Gasteiger partial charge is 0.228 e. The zero-order valence-electron chi connectivity index (χ0n) is 8.92. The molecule has 0 bridgehead atoms. The van der Waals surface area contributed by atoms with E-state index >= 15 is 0 Å². The van der Waals surface area contributed by atoms with Crippen LogP contribution in [0.2, 0.25) is 0 Å². The van der Waals surface area contributed by atoms with Crippen LogP contribution >= 0.6 is 0 Å². The number of benzene rings is 1. The number of nitrogens with one attached hydrogen (secondary N) is 1. The summed E-state index contributed by atoms with van der Waals surface area (Å²) in [7, 11) is 0. The van der Waals surface area contributed by atoms with Crippen molar-refractivity contribution < 1.29 is 4.79 Å². The van der Waals surface area contributed by atoms with Crippen LogP contribution in [0.3, 0.4) is 0 Å². The molecule has 1 aliphatic heterocycles. The highest BCUT2D eigenvalue weighted by molar-refractivity contribution is 5.99. The number of amides is 1. The lowest BCUT2D eigenvalue weighted by molar-refractivity contribution is -0.115. The summed E-state index contributed by atoms with van der Waals surface area (Å²) in [4.78, 5) is 11.1. The molecule has 1 unspecified atom stereocenters. The second kappa shape index (κ2) is 4.03. The quantitative estimate of drug-likeness (QED) is 0.783. The van der Waals surface area contributed by atoms with E-state index in [0.717, 1.165) is 24.1 Å². The number of fused-ring (bicyclic) bond motifs is 1. The Labute approximate surface area is 89.7 Å². The molecule has 1 heterocycles. The van der Waals surface area contributed by atoms with Crippen molar-refractivity contribution in [2.75, 3.05) is 5.32 Å². The zero-order chi connectivity index (χ0) is 10.8. The van der Waals surface area contributed by atoms with Crippen molar-refractivity contribution in [1.29, 1.82) is 0 Å². The maximum absolute atomic E-state index is 11.1. The number of rotatable bonds is 3. The molecule has 1 aromatic rings. The third-order valence-corrected chi connectivity index (χ3v) is 2.68. The van der Waals surface area contributed by atoms with E-state index in [4.69, 9.17) is 5.73 Å². The van der Waals surface area contributed by atoms with Gasteiger partial charge in [0.15, 0.2) is 0 Å². The number of hydrogen-bond donors (Lipinski definition) is 2. The molecule has 0 fully saturated rings. The summed E-state index contributed by atoms with van der Waals surface area (Å²) in [6.45, 7) is 2.01. The van der Waals surface area contributed by atoms with Gasteiger partial charge in [-0.25, -0.2) is 0 Å². The molecule has 15 heavy (non-hydrogen) atoms. The average molecular weight is 204 g/mol. The molecule has 0 spiro atoms. The lowest BCUT2D eigenvalue weighted by Crippen LogP contribution is -2.15. The van der Waals surface area contributed by atoms with Gasteiger partial charge in [-0.3, -0.25) is 4.79 Å². The van der Waals surface area contributed by atoms with E-state index in [0.29, 0.717) is 6.42 Å². The van der Waals surface area contributed by atoms with Crippen molar-refractivity contribution in [1.82, 2.24) is 0 Å². The molecule has 1 aliphatic rings. The topological polar surface area (TPSA) is 55.1 Å². The van der Waals surface area contributed by atoms with Crippen molar-refractivity contribution >= 4 is 11.6 Å². The molecular formula is C12H16N2O. The molecule has 3 heteroatoms. The first-order valence-electron chi connectivity index (χ1n) is 5.32. The van der Waals surface area contributed by atoms with Gasteiger partial charge in [-0.15, -0.1) is 0 Å². The van der Waals surface area contributed by atoms with E-state index in [-0.39, 0.29) is 11.9 Å². The summed E-state index contributed by atoms with van der Waals surface area (Å²) in [6.07, 6.45) is 2.49. The number of nitrogens with two attached hydrogens (primary N) is 1. The van der Waals surface area contributed by atoms with Gasteiger partial charge < -0.3 is 11.1 Å². The Kier molecular flexibility index (Phi) is 2.73.